The first kappa shape index (κ1) is 17.0. The second kappa shape index (κ2) is 7.29. The smallest absolute Gasteiger partial charge is 0.408 e. The van der Waals surface area contributed by atoms with Crippen LogP contribution in [0.4, 0.5) is 4.79 Å². The number of amides is 1. The first-order valence-electron chi connectivity index (χ1n) is 7.67. The standard InChI is InChI=1S/C16H24ClN3O2/c1-16(2,3)22-15(21)19-11-20-9-5-4-6-13(20)12-7-8-14(17)18-10-12/h7-8,10,13H,4-6,9,11H2,1-3H3,(H,19,21)/t13-/m1/s1. The summed E-state index contributed by atoms with van der Waals surface area (Å²) in [5.74, 6) is 0. The van der Waals surface area contributed by atoms with E-state index in [9.17, 15) is 4.79 Å². The predicted molar refractivity (Wildman–Crippen MR) is 86.8 cm³/mol. The van der Waals surface area contributed by atoms with E-state index in [1.807, 2.05) is 39.1 Å². The normalized spacial score (nSPS) is 19.7. The summed E-state index contributed by atoms with van der Waals surface area (Å²) < 4.78 is 5.28. The molecule has 2 heterocycles. The Morgan fingerprint density at radius 1 is 1.45 bits per heavy atom. The SMILES string of the molecule is CC(C)(C)OC(=O)NCN1CCCC[C@@H]1c1ccc(Cl)nc1. The van der Waals surface area contributed by atoms with Crippen molar-refractivity contribution in [2.45, 2.75) is 51.7 Å². The number of piperidine rings is 1. The number of hydrogen-bond donors (Lipinski definition) is 1. The van der Waals surface area contributed by atoms with Crippen molar-refractivity contribution in [2.24, 2.45) is 0 Å². The molecule has 1 fully saturated rings. The number of hydrogen-bond acceptors (Lipinski definition) is 4. The quantitative estimate of drug-likeness (QED) is 0.860. The van der Waals surface area contributed by atoms with Crippen molar-refractivity contribution in [3.63, 3.8) is 0 Å². The van der Waals surface area contributed by atoms with Gasteiger partial charge in [-0.2, -0.15) is 0 Å². The molecule has 0 aromatic carbocycles. The van der Waals surface area contributed by atoms with Gasteiger partial charge < -0.3 is 10.1 Å². The molecule has 6 heteroatoms. The van der Waals surface area contributed by atoms with Gasteiger partial charge in [0.2, 0.25) is 0 Å². The van der Waals surface area contributed by atoms with Gasteiger partial charge >= 0.3 is 6.09 Å². The van der Waals surface area contributed by atoms with Gasteiger partial charge in [0.05, 0.1) is 6.67 Å². The molecule has 122 valence electrons. The lowest BCUT2D eigenvalue weighted by molar-refractivity contribution is 0.0451. The number of halogens is 1. The van der Waals surface area contributed by atoms with Gasteiger partial charge in [0.1, 0.15) is 10.8 Å². The first-order chi connectivity index (χ1) is 10.3. The van der Waals surface area contributed by atoms with Crippen LogP contribution >= 0.6 is 11.6 Å². The molecule has 1 aromatic heterocycles. The minimum Gasteiger partial charge on any atom is -0.444 e. The summed E-state index contributed by atoms with van der Waals surface area (Å²) in [5, 5.41) is 3.34. The maximum Gasteiger partial charge on any atom is 0.408 e. The van der Waals surface area contributed by atoms with Crippen molar-refractivity contribution in [3.05, 3.63) is 29.0 Å². The van der Waals surface area contributed by atoms with E-state index in [4.69, 9.17) is 16.3 Å². The number of alkyl carbamates (subject to hydrolysis) is 1. The van der Waals surface area contributed by atoms with Gasteiger partial charge in [0.25, 0.3) is 0 Å². The van der Waals surface area contributed by atoms with Crippen LogP contribution in [0.1, 0.15) is 51.6 Å². The van der Waals surface area contributed by atoms with Crippen molar-refractivity contribution in [3.8, 4) is 0 Å². The van der Waals surface area contributed by atoms with Crippen LogP contribution in [0.15, 0.2) is 18.3 Å². The Labute approximate surface area is 137 Å². The molecule has 1 atom stereocenters. The molecular formula is C16H24ClN3O2. The zero-order valence-corrected chi connectivity index (χ0v) is 14.2. The molecule has 1 saturated heterocycles. The summed E-state index contributed by atoms with van der Waals surface area (Å²) in [6.45, 7) is 6.99. The van der Waals surface area contributed by atoms with Crippen LogP contribution in [0.3, 0.4) is 0 Å². The monoisotopic (exact) mass is 325 g/mol. The van der Waals surface area contributed by atoms with E-state index in [-0.39, 0.29) is 12.1 Å². The third-order valence-electron chi connectivity index (χ3n) is 3.57. The fourth-order valence-electron chi connectivity index (χ4n) is 2.62. The molecule has 2 rings (SSSR count). The van der Waals surface area contributed by atoms with Crippen molar-refractivity contribution in [2.75, 3.05) is 13.2 Å². The lowest BCUT2D eigenvalue weighted by Gasteiger charge is -2.36. The summed E-state index contributed by atoms with van der Waals surface area (Å²) in [5.41, 5.74) is 0.654. The second-order valence-electron chi connectivity index (χ2n) is 6.57. The highest BCUT2D eigenvalue weighted by Gasteiger charge is 2.25. The van der Waals surface area contributed by atoms with Crippen molar-refractivity contribution < 1.29 is 9.53 Å². The zero-order valence-electron chi connectivity index (χ0n) is 13.4. The van der Waals surface area contributed by atoms with Crippen molar-refractivity contribution >= 4 is 17.7 Å². The minimum atomic E-state index is -0.481. The van der Waals surface area contributed by atoms with E-state index >= 15 is 0 Å². The lowest BCUT2D eigenvalue weighted by atomic mass is 9.97. The van der Waals surface area contributed by atoms with Crippen LogP contribution < -0.4 is 5.32 Å². The Morgan fingerprint density at radius 3 is 2.86 bits per heavy atom. The fraction of sp³-hybridized carbons (Fsp3) is 0.625. The second-order valence-corrected chi connectivity index (χ2v) is 6.96. The van der Waals surface area contributed by atoms with Gasteiger partial charge in [0.15, 0.2) is 0 Å². The summed E-state index contributed by atoms with van der Waals surface area (Å²) in [7, 11) is 0. The Kier molecular flexibility index (Phi) is 5.64. The van der Waals surface area contributed by atoms with Gasteiger partial charge in [-0.25, -0.2) is 9.78 Å². The summed E-state index contributed by atoms with van der Waals surface area (Å²) in [6.07, 6.45) is 4.80. The highest BCUT2D eigenvalue weighted by molar-refractivity contribution is 6.29. The van der Waals surface area contributed by atoms with Crippen LogP contribution in [0.5, 0.6) is 0 Å². The van der Waals surface area contributed by atoms with Gasteiger partial charge in [-0.3, -0.25) is 4.90 Å². The number of nitrogens with one attached hydrogen (secondary N) is 1. The molecule has 0 bridgehead atoms. The minimum absolute atomic E-state index is 0.258. The van der Waals surface area contributed by atoms with Gasteiger partial charge in [-0.1, -0.05) is 24.1 Å². The topological polar surface area (TPSA) is 54.5 Å². The maximum atomic E-state index is 11.8. The average molecular weight is 326 g/mol. The average Bonchev–Trinajstić information content (AvgIpc) is 2.45. The third-order valence-corrected chi connectivity index (χ3v) is 3.80. The molecule has 0 aliphatic carbocycles. The number of carbonyl (C=O) groups is 1. The third kappa shape index (κ3) is 5.14. The number of carbonyl (C=O) groups excluding carboxylic acids is 1. The van der Waals surface area contributed by atoms with Gasteiger partial charge in [-0.05, 0) is 45.2 Å². The van der Waals surface area contributed by atoms with Crippen LogP contribution in [0.25, 0.3) is 0 Å². The molecular weight excluding hydrogens is 302 g/mol. The Bertz CT molecular complexity index is 499. The van der Waals surface area contributed by atoms with Crippen LogP contribution in [0, 0.1) is 0 Å². The van der Waals surface area contributed by atoms with E-state index in [0.29, 0.717) is 11.8 Å². The molecule has 1 amide bonds. The van der Waals surface area contributed by atoms with Crippen LogP contribution in [-0.2, 0) is 4.74 Å². The number of pyridine rings is 1. The summed E-state index contributed by atoms with van der Waals surface area (Å²) >= 11 is 5.85. The zero-order chi connectivity index (χ0) is 16.2. The van der Waals surface area contributed by atoms with Crippen LogP contribution in [-0.4, -0.2) is 34.8 Å². The number of ether oxygens (including phenoxy) is 1. The lowest BCUT2D eigenvalue weighted by Crippen LogP contribution is -2.43. The number of rotatable bonds is 3. The first-order valence-corrected chi connectivity index (χ1v) is 8.05. The fourth-order valence-corrected chi connectivity index (χ4v) is 2.73. The van der Waals surface area contributed by atoms with E-state index in [1.54, 1.807) is 0 Å². The highest BCUT2D eigenvalue weighted by Crippen LogP contribution is 2.30. The van der Waals surface area contributed by atoms with Crippen molar-refractivity contribution in [1.29, 1.82) is 0 Å². The number of likely N-dealkylation sites (tertiary alicyclic amines) is 1. The maximum absolute atomic E-state index is 11.8. The Balaban J connectivity index is 1.95. The largest absolute Gasteiger partial charge is 0.444 e. The highest BCUT2D eigenvalue weighted by atomic mass is 35.5. The van der Waals surface area contributed by atoms with Crippen LogP contribution in [0.2, 0.25) is 5.15 Å². The number of aromatic nitrogens is 1. The number of nitrogens with zero attached hydrogens (tertiary/aromatic N) is 2. The Hall–Kier alpha value is -1.33. The molecule has 5 nitrogen and oxygen atoms in total. The van der Waals surface area contributed by atoms with E-state index in [0.717, 1.165) is 24.9 Å². The molecule has 1 N–H and O–H groups in total. The Morgan fingerprint density at radius 2 is 2.23 bits per heavy atom. The predicted octanol–water partition coefficient (Wildman–Crippen LogP) is 3.74. The molecule has 1 aliphatic rings. The summed E-state index contributed by atoms with van der Waals surface area (Å²) in [4.78, 5) is 18.2. The molecule has 0 saturated carbocycles. The molecule has 22 heavy (non-hydrogen) atoms. The molecule has 0 spiro atoms. The molecule has 1 aliphatic heterocycles. The molecule has 0 radical (unpaired) electrons. The van der Waals surface area contributed by atoms with Gasteiger partial charge in [-0.15, -0.1) is 0 Å². The van der Waals surface area contributed by atoms with Gasteiger partial charge in [0, 0.05) is 18.8 Å². The van der Waals surface area contributed by atoms with E-state index < -0.39 is 5.60 Å². The van der Waals surface area contributed by atoms with E-state index in [1.165, 1.54) is 6.42 Å². The van der Waals surface area contributed by atoms with Crippen molar-refractivity contribution in [1.82, 2.24) is 15.2 Å². The molecule has 0 unspecified atom stereocenters. The summed E-state index contributed by atoms with van der Waals surface area (Å²) in [6, 6.07) is 4.07. The molecule has 1 aromatic rings. The van der Waals surface area contributed by atoms with E-state index in [2.05, 4.69) is 15.2 Å².